The summed E-state index contributed by atoms with van der Waals surface area (Å²) in [5, 5.41) is 3.94. The molecule has 1 saturated heterocycles. The van der Waals surface area contributed by atoms with E-state index in [0.29, 0.717) is 24.5 Å². The zero-order chi connectivity index (χ0) is 21.4. The number of hydrogen-bond donors (Lipinski definition) is 1. The van der Waals surface area contributed by atoms with Crippen molar-refractivity contribution in [3.63, 3.8) is 0 Å². The molecule has 0 bridgehead atoms. The van der Waals surface area contributed by atoms with Gasteiger partial charge < -0.3 is 14.6 Å². The van der Waals surface area contributed by atoms with E-state index in [-0.39, 0.29) is 16.8 Å². The molecule has 1 aliphatic rings. The summed E-state index contributed by atoms with van der Waals surface area (Å²) in [5.74, 6) is 0.0181. The number of rotatable bonds is 4. The van der Waals surface area contributed by atoms with Crippen LogP contribution in [0.1, 0.15) is 18.4 Å². The maximum absolute atomic E-state index is 13.3. The molecule has 158 valence electrons. The maximum atomic E-state index is 13.3. The zero-order valence-electron chi connectivity index (χ0n) is 16.6. The van der Waals surface area contributed by atoms with Gasteiger partial charge in [0.1, 0.15) is 23.2 Å². The van der Waals surface area contributed by atoms with E-state index in [1.54, 1.807) is 12.4 Å². The second-order valence-electron chi connectivity index (χ2n) is 7.72. The fourth-order valence-electron chi connectivity index (χ4n) is 4.10. The van der Waals surface area contributed by atoms with E-state index in [4.69, 9.17) is 16.0 Å². The molecule has 31 heavy (non-hydrogen) atoms. The molecule has 0 spiro atoms. The van der Waals surface area contributed by atoms with Gasteiger partial charge in [-0.05, 0) is 42.7 Å². The van der Waals surface area contributed by atoms with E-state index in [1.165, 1.54) is 12.1 Å². The van der Waals surface area contributed by atoms with Crippen molar-refractivity contribution in [1.82, 2.24) is 15.3 Å². The monoisotopic (exact) mass is 438 g/mol. The molecule has 1 fully saturated rings. The smallest absolute Gasteiger partial charge is 0.225 e. The van der Waals surface area contributed by atoms with Gasteiger partial charge >= 0.3 is 0 Å². The molecule has 0 radical (unpaired) electrons. The van der Waals surface area contributed by atoms with E-state index < -0.39 is 5.82 Å². The quantitative estimate of drug-likeness (QED) is 0.500. The van der Waals surface area contributed by atoms with E-state index in [9.17, 15) is 9.18 Å². The lowest BCUT2D eigenvalue weighted by Gasteiger charge is -2.32. The number of piperidine rings is 1. The number of aromatic nitrogens is 2. The van der Waals surface area contributed by atoms with Crippen LogP contribution in [0, 0.1) is 11.7 Å². The van der Waals surface area contributed by atoms with Crippen LogP contribution in [0.2, 0.25) is 5.02 Å². The van der Waals surface area contributed by atoms with Gasteiger partial charge in [-0.25, -0.2) is 14.4 Å². The second-order valence-corrected chi connectivity index (χ2v) is 8.13. The number of carbonyl (C=O) groups is 1. The van der Waals surface area contributed by atoms with Gasteiger partial charge in [0.15, 0.2) is 11.4 Å². The van der Waals surface area contributed by atoms with E-state index in [1.807, 2.05) is 24.3 Å². The summed E-state index contributed by atoms with van der Waals surface area (Å²) in [4.78, 5) is 23.8. The van der Waals surface area contributed by atoms with Crippen LogP contribution in [0.4, 0.5) is 10.2 Å². The van der Waals surface area contributed by atoms with Gasteiger partial charge in [0.2, 0.25) is 5.91 Å². The Bertz CT molecular complexity index is 1280. The molecule has 3 heterocycles. The Hall–Kier alpha value is -3.19. The summed E-state index contributed by atoms with van der Waals surface area (Å²) < 4.78 is 19.4. The first kappa shape index (κ1) is 19.8. The first-order valence-electron chi connectivity index (χ1n) is 10.2. The van der Waals surface area contributed by atoms with Gasteiger partial charge in [0.05, 0.1) is 10.9 Å². The van der Waals surface area contributed by atoms with Crippen LogP contribution in [0.15, 0.2) is 53.2 Å². The van der Waals surface area contributed by atoms with Gasteiger partial charge in [-0.1, -0.05) is 29.8 Å². The molecule has 1 N–H and O–H groups in total. The SMILES string of the molecule is O=C(NCc1ccc(F)c(Cl)c1)C1CCCN(c2ncnc3c2oc2ccccc23)C1. The fourth-order valence-corrected chi connectivity index (χ4v) is 4.31. The van der Waals surface area contributed by atoms with Gasteiger partial charge in [0.25, 0.3) is 0 Å². The minimum absolute atomic E-state index is 0.0416. The highest BCUT2D eigenvalue weighted by molar-refractivity contribution is 6.30. The fraction of sp³-hybridized carbons (Fsp3) is 0.261. The Morgan fingerprint density at radius 3 is 3.00 bits per heavy atom. The summed E-state index contributed by atoms with van der Waals surface area (Å²) in [6.45, 7) is 1.64. The number of hydrogen-bond acceptors (Lipinski definition) is 5. The summed E-state index contributed by atoms with van der Waals surface area (Å²) >= 11 is 5.83. The highest BCUT2D eigenvalue weighted by atomic mass is 35.5. The van der Waals surface area contributed by atoms with Gasteiger partial charge in [-0.3, -0.25) is 4.79 Å². The Labute approximate surface area is 183 Å². The minimum Gasteiger partial charge on any atom is -0.450 e. The summed E-state index contributed by atoms with van der Waals surface area (Å²) in [5.41, 5.74) is 2.95. The van der Waals surface area contributed by atoms with Crippen molar-refractivity contribution < 1.29 is 13.6 Å². The van der Waals surface area contributed by atoms with Gasteiger partial charge in [0, 0.05) is 25.0 Å². The van der Waals surface area contributed by atoms with Crippen molar-refractivity contribution >= 4 is 45.4 Å². The Balaban J connectivity index is 1.33. The summed E-state index contributed by atoms with van der Waals surface area (Å²) in [6, 6.07) is 12.2. The lowest BCUT2D eigenvalue weighted by atomic mass is 9.97. The molecule has 1 aliphatic heterocycles. The van der Waals surface area contributed by atoms with Crippen LogP contribution in [0.5, 0.6) is 0 Å². The zero-order valence-corrected chi connectivity index (χ0v) is 17.4. The number of furan rings is 1. The number of amides is 1. The van der Waals surface area contributed by atoms with Crippen LogP contribution in [-0.4, -0.2) is 29.0 Å². The van der Waals surface area contributed by atoms with E-state index >= 15 is 0 Å². The molecule has 5 rings (SSSR count). The van der Waals surface area contributed by atoms with Gasteiger partial charge in [-0.15, -0.1) is 0 Å². The first-order valence-corrected chi connectivity index (χ1v) is 10.6. The van der Waals surface area contributed by atoms with Crippen molar-refractivity contribution in [2.24, 2.45) is 5.92 Å². The summed E-state index contributed by atoms with van der Waals surface area (Å²) in [6.07, 6.45) is 3.20. The molecular formula is C23H20ClFN4O2. The lowest BCUT2D eigenvalue weighted by molar-refractivity contribution is -0.125. The third-order valence-corrected chi connectivity index (χ3v) is 5.97. The van der Waals surface area contributed by atoms with Crippen molar-refractivity contribution in [3.05, 3.63) is 65.2 Å². The Morgan fingerprint density at radius 1 is 1.26 bits per heavy atom. The van der Waals surface area contributed by atoms with Crippen LogP contribution in [-0.2, 0) is 11.3 Å². The van der Waals surface area contributed by atoms with Crippen LogP contribution >= 0.6 is 11.6 Å². The highest BCUT2D eigenvalue weighted by Crippen LogP contribution is 2.33. The molecule has 1 amide bonds. The molecular weight excluding hydrogens is 419 g/mol. The molecule has 8 heteroatoms. The largest absolute Gasteiger partial charge is 0.450 e. The molecule has 0 saturated carbocycles. The molecule has 0 aliphatic carbocycles. The number of anilines is 1. The first-order chi connectivity index (χ1) is 15.1. The van der Waals surface area contributed by atoms with Crippen LogP contribution in [0.3, 0.4) is 0 Å². The minimum atomic E-state index is -0.471. The molecule has 1 unspecified atom stereocenters. The number of halogens is 2. The third-order valence-electron chi connectivity index (χ3n) is 5.68. The van der Waals surface area contributed by atoms with Crippen LogP contribution in [0.25, 0.3) is 22.1 Å². The highest BCUT2D eigenvalue weighted by Gasteiger charge is 2.28. The normalized spacial score (nSPS) is 16.7. The van der Waals surface area contributed by atoms with Crippen LogP contribution < -0.4 is 10.2 Å². The number of para-hydroxylation sites is 1. The van der Waals surface area contributed by atoms with Crippen molar-refractivity contribution in [1.29, 1.82) is 0 Å². The maximum Gasteiger partial charge on any atom is 0.225 e. The average Bonchev–Trinajstić information content (AvgIpc) is 3.18. The molecule has 6 nitrogen and oxygen atoms in total. The predicted molar refractivity (Wildman–Crippen MR) is 118 cm³/mol. The summed E-state index contributed by atoms with van der Waals surface area (Å²) in [7, 11) is 0. The van der Waals surface area contributed by atoms with Crippen molar-refractivity contribution in [2.45, 2.75) is 19.4 Å². The van der Waals surface area contributed by atoms with Gasteiger partial charge in [-0.2, -0.15) is 0 Å². The number of nitrogens with zero attached hydrogens (tertiary/aromatic N) is 3. The number of nitrogens with one attached hydrogen (secondary N) is 1. The van der Waals surface area contributed by atoms with Crippen molar-refractivity contribution in [2.75, 3.05) is 18.0 Å². The van der Waals surface area contributed by atoms with E-state index in [2.05, 4.69) is 20.2 Å². The van der Waals surface area contributed by atoms with Crippen molar-refractivity contribution in [3.8, 4) is 0 Å². The number of carbonyl (C=O) groups excluding carboxylic acids is 1. The Morgan fingerprint density at radius 2 is 2.13 bits per heavy atom. The number of benzene rings is 2. The molecule has 2 aromatic carbocycles. The Kier molecular flexibility index (Phi) is 5.19. The molecule has 4 aromatic rings. The number of fused-ring (bicyclic) bond motifs is 3. The lowest BCUT2D eigenvalue weighted by Crippen LogP contribution is -2.43. The second kappa shape index (κ2) is 8.15. The van der Waals surface area contributed by atoms with E-state index in [0.717, 1.165) is 41.4 Å². The topological polar surface area (TPSA) is 71.3 Å². The average molecular weight is 439 g/mol. The standard InChI is InChI=1S/C23H20ClFN4O2/c24-17-10-14(7-8-18(17)25)11-26-23(30)15-4-3-9-29(12-15)22-21-20(27-13-28-22)16-5-1-2-6-19(16)31-21/h1-2,5-8,10,13,15H,3-4,9,11-12H2,(H,26,30). The third kappa shape index (κ3) is 3.81. The molecule has 2 aromatic heterocycles. The molecule has 1 atom stereocenters. The predicted octanol–water partition coefficient (Wildman–Crippen LogP) is 4.70.